The Balaban J connectivity index is 1.28. The molecule has 1 saturated heterocycles. The summed E-state index contributed by atoms with van der Waals surface area (Å²) in [6, 6.07) is 1.67. The highest BCUT2D eigenvalue weighted by Gasteiger charge is 2.72. The van der Waals surface area contributed by atoms with Crippen LogP contribution in [0.1, 0.15) is 49.3 Å². The molecule has 15 heteroatoms. The van der Waals surface area contributed by atoms with Gasteiger partial charge >= 0.3 is 23.9 Å². The first-order valence-corrected chi connectivity index (χ1v) is 14.1. The van der Waals surface area contributed by atoms with Gasteiger partial charge in [0.05, 0.1) is 30.5 Å². The van der Waals surface area contributed by atoms with Crippen LogP contribution in [-0.4, -0.2) is 110 Å². The third kappa shape index (κ3) is 4.99. The largest absolute Gasteiger partial charge is 0.481 e. The van der Waals surface area contributed by atoms with Crippen molar-refractivity contribution in [3.05, 3.63) is 40.7 Å². The summed E-state index contributed by atoms with van der Waals surface area (Å²) in [4.78, 5) is 61.7. The number of likely N-dealkylation sites (N-methyl/N-ethyl adjacent to an activating group) is 1. The van der Waals surface area contributed by atoms with Crippen LogP contribution in [-0.2, 0) is 51.9 Å². The Morgan fingerprint density at radius 1 is 1.18 bits per heavy atom. The Hall–Kier alpha value is -4.05. The molecule has 6 N–H and O–H groups in total. The number of nitrogens with one attached hydrogen (secondary N) is 1. The fourth-order valence-electron chi connectivity index (χ4n) is 7.02. The molecular weight excluding hydrogens is 584 g/mol. The van der Waals surface area contributed by atoms with E-state index in [2.05, 4.69) is 4.90 Å². The van der Waals surface area contributed by atoms with Gasteiger partial charge in [0.2, 0.25) is 0 Å². The van der Waals surface area contributed by atoms with E-state index in [4.69, 9.17) is 24.4 Å². The lowest BCUT2D eigenvalue weighted by Crippen LogP contribution is -2.74. The lowest BCUT2D eigenvalue weighted by atomic mass is 9.50. The Morgan fingerprint density at radius 3 is 2.57 bits per heavy atom. The normalized spacial score (nSPS) is 28.3. The van der Waals surface area contributed by atoms with E-state index >= 15 is 0 Å². The number of carbonyl (C=O) groups is 5. The fraction of sp³-hybridized carbons (Fsp3) is 0.552. The summed E-state index contributed by atoms with van der Waals surface area (Å²) in [6.07, 6.45) is -3.65. The highest BCUT2D eigenvalue weighted by molar-refractivity contribution is 5.90. The summed E-state index contributed by atoms with van der Waals surface area (Å²) >= 11 is 0. The molecule has 2 aliphatic carbocycles. The van der Waals surface area contributed by atoms with Crippen LogP contribution in [0.15, 0.2) is 24.0 Å². The Kier molecular flexibility index (Phi) is 8.18. The van der Waals surface area contributed by atoms with Gasteiger partial charge in [-0.2, -0.15) is 0 Å². The number of hydrogen-bond acceptors (Lipinski definition) is 12. The predicted molar refractivity (Wildman–Crippen MR) is 145 cm³/mol. The van der Waals surface area contributed by atoms with Gasteiger partial charge in [0.15, 0.2) is 18.3 Å². The molecule has 1 fully saturated rings. The Morgan fingerprint density at radius 2 is 1.91 bits per heavy atom. The number of aliphatic carboxylic acids is 2. The minimum atomic E-state index is -2.01. The van der Waals surface area contributed by atoms with Crippen LogP contribution >= 0.6 is 0 Å². The monoisotopic (exact) mass is 618 g/mol. The molecule has 7 atom stereocenters. The molecule has 0 unspecified atom stereocenters. The van der Waals surface area contributed by atoms with Crippen LogP contribution in [0.5, 0.6) is 5.75 Å². The average molecular weight is 619 g/mol. The second-order valence-corrected chi connectivity index (χ2v) is 11.7. The number of likely N-dealkylation sites (tertiary alicyclic amines) is 1. The Labute approximate surface area is 251 Å². The second kappa shape index (κ2) is 11.5. The number of ether oxygens (including phenoxy) is 3. The van der Waals surface area contributed by atoms with Gasteiger partial charge in [-0.1, -0.05) is 12.1 Å². The van der Waals surface area contributed by atoms with Gasteiger partial charge in [-0.05, 0) is 45.0 Å². The first-order valence-electron chi connectivity index (χ1n) is 14.1. The number of rotatable bonds is 11. The summed E-state index contributed by atoms with van der Waals surface area (Å²) in [5, 5.41) is 52.5. The number of amides is 1. The topological polar surface area (TPSA) is 229 Å². The van der Waals surface area contributed by atoms with E-state index in [0.29, 0.717) is 30.7 Å². The molecule has 1 spiro atoms. The van der Waals surface area contributed by atoms with E-state index in [1.165, 1.54) is 6.08 Å². The molecule has 0 saturated carbocycles. The van der Waals surface area contributed by atoms with E-state index in [9.17, 15) is 39.3 Å². The van der Waals surface area contributed by atoms with Crippen LogP contribution < -0.4 is 10.1 Å². The number of carbonyl (C=O) groups excluding carboxylic acids is 3. The molecule has 15 nitrogen and oxygen atoms in total. The number of benzene rings is 1. The maximum absolute atomic E-state index is 13.0. The minimum absolute atomic E-state index is 0.0502. The van der Waals surface area contributed by atoms with Crippen molar-refractivity contribution in [2.75, 3.05) is 13.6 Å². The fourth-order valence-corrected chi connectivity index (χ4v) is 7.02. The maximum atomic E-state index is 13.0. The van der Waals surface area contributed by atoms with Crippen molar-refractivity contribution in [3.8, 4) is 5.75 Å². The predicted octanol–water partition coefficient (Wildman–Crippen LogP) is -1.27. The first-order chi connectivity index (χ1) is 20.7. The first kappa shape index (κ1) is 31.4. The number of aliphatic hydroxyl groups is 3. The van der Waals surface area contributed by atoms with Gasteiger partial charge in [0, 0.05) is 23.6 Å². The van der Waals surface area contributed by atoms with E-state index in [1.807, 2.05) is 18.4 Å². The number of esters is 2. The van der Waals surface area contributed by atoms with Gasteiger partial charge < -0.3 is 50.0 Å². The smallest absolute Gasteiger partial charge is 0.340 e. The molecule has 5 rings (SSSR count). The SMILES string of the molecule is C[C@H](OC(=O)C[C@H](O)C(=O)OC1=CC[C@@]2(O)[C@H]3Cc4ccc(CO)c5c4[C@@]2(CCN3C)[C@H]1O5)C(=O)N[C@@H](CC(=O)O)C(=O)O. The van der Waals surface area contributed by atoms with Crippen molar-refractivity contribution in [2.45, 2.75) is 87.0 Å². The molecule has 44 heavy (non-hydrogen) atoms. The summed E-state index contributed by atoms with van der Waals surface area (Å²) < 4.78 is 16.8. The van der Waals surface area contributed by atoms with Crippen molar-refractivity contribution in [1.29, 1.82) is 0 Å². The highest BCUT2D eigenvalue weighted by atomic mass is 16.6. The average Bonchev–Trinajstić information content (AvgIpc) is 3.31. The van der Waals surface area contributed by atoms with E-state index in [0.717, 1.165) is 18.1 Å². The van der Waals surface area contributed by atoms with Crippen molar-refractivity contribution in [1.82, 2.24) is 10.2 Å². The highest BCUT2D eigenvalue weighted by Crippen LogP contribution is 2.64. The van der Waals surface area contributed by atoms with E-state index in [-0.39, 0.29) is 24.8 Å². The van der Waals surface area contributed by atoms with E-state index < -0.39 is 78.0 Å². The van der Waals surface area contributed by atoms with Gasteiger partial charge in [-0.25, -0.2) is 9.59 Å². The number of hydrogen-bond donors (Lipinski definition) is 6. The van der Waals surface area contributed by atoms with Crippen LogP contribution in [0, 0.1) is 0 Å². The summed E-state index contributed by atoms with van der Waals surface area (Å²) in [5.41, 5.74) is 0.0240. The summed E-state index contributed by atoms with van der Waals surface area (Å²) in [7, 11) is 1.94. The molecule has 1 aromatic rings. The molecular formula is C29H34N2O13. The van der Waals surface area contributed by atoms with Crippen molar-refractivity contribution in [3.63, 3.8) is 0 Å². The summed E-state index contributed by atoms with van der Waals surface area (Å²) in [5.74, 6) is -6.07. The number of aliphatic hydroxyl groups excluding tert-OH is 2. The molecule has 238 valence electrons. The lowest BCUT2D eigenvalue weighted by molar-refractivity contribution is -0.173. The van der Waals surface area contributed by atoms with Crippen molar-refractivity contribution in [2.24, 2.45) is 0 Å². The van der Waals surface area contributed by atoms with E-state index in [1.54, 1.807) is 6.07 Å². The van der Waals surface area contributed by atoms with Crippen LogP contribution in [0.2, 0.25) is 0 Å². The molecule has 1 aromatic carbocycles. The standard InChI is InChI=1S/C29H34N2O13/c1-13(25(37)30-16(26(38)39)10-20(34)35)42-21(36)11-17(33)27(40)43-18-5-6-29(41)19-9-14-3-4-15(12-32)23-22(14)28(29,24(18)44-23)7-8-31(19)2/h3-5,13,16-17,19,24,32-33,41H,6-12H2,1-2H3,(H,30,37)(H,34,35)(H,38,39)/t13-,16-,17-,19+,24-,28-,29+/m0/s1. The molecule has 2 aliphatic heterocycles. The zero-order valence-corrected chi connectivity index (χ0v) is 24.0. The third-order valence-corrected chi connectivity index (χ3v) is 9.15. The molecule has 2 heterocycles. The van der Waals surface area contributed by atoms with Gasteiger partial charge in [0.1, 0.15) is 17.6 Å². The zero-order chi connectivity index (χ0) is 32.1. The molecule has 1 amide bonds. The van der Waals surface area contributed by atoms with Gasteiger partial charge in [-0.15, -0.1) is 0 Å². The zero-order valence-electron chi connectivity index (χ0n) is 24.0. The van der Waals surface area contributed by atoms with Crippen LogP contribution in [0.25, 0.3) is 0 Å². The Bertz CT molecular complexity index is 1440. The lowest BCUT2D eigenvalue weighted by Gasteiger charge is -2.61. The minimum Gasteiger partial charge on any atom is -0.481 e. The molecule has 0 aromatic heterocycles. The van der Waals surface area contributed by atoms with Gasteiger partial charge in [-0.3, -0.25) is 14.4 Å². The van der Waals surface area contributed by atoms with Crippen molar-refractivity contribution >= 4 is 29.8 Å². The quantitative estimate of drug-likeness (QED) is 0.159. The van der Waals surface area contributed by atoms with Crippen molar-refractivity contribution < 1.29 is 63.7 Å². The maximum Gasteiger partial charge on any atom is 0.340 e. The summed E-state index contributed by atoms with van der Waals surface area (Å²) in [6.45, 7) is 1.42. The molecule has 4 aliphatic rings. The van der Waals surface area contributed by atoms with Crippen LogP contribution in [0.3, 0.4) is 0 Å². The molecule has 2 bridgehead atoms. The number of carboxylic acid groups (broad SMARTS) is 2. The van der Waals surface area contributed by atoms with Gasteiger partial charge in [0.25, 0.3) is 5.91 Å². The number of carboxylic acids is 2. The number of nitrogens with zero attached hydrogens (tertiary/aromatic N) is 1. The third-order valence-electron chi connectivity index (χ3n) is 9.15. The molecule has 0 radical (unpaired) electrons. The van der Waals surface area contributed by atoms with Crippen LogP contribution in [0.4, 0.5) is 0 Å². The second-order valence-electron chi connectivity index (χ2n) is 11.7. The number of piperidine rings is 1.